The summed E-state index contributed by atoms with van der Waals surface area (Å²) in [5.74, 6) is -0.399. The Hall–Kier alpha value is -2.17. The number of aryl methyl sites for hydroxylation is 1. The lowest BCUT2D eigenvalue weighted by Crippen LogP contribution is -2.55. The van der Waals surface area contributed by atoms with E-state index in [2.05, 4.69) is 11.6 Å². The zero-order valence-electron chi connectivity index (χ0n) is 14.9. The van der Waals surface area contributed by atoms with E-state index < -0.39 is 23.0 Å². The van der Waals surface area contributed by atoms with Gasteiger partial charge in [0.2, 0.25) is 0 Å². The summed E-state index contributed by atoms with van der Waals surface area (Å²) in [6.07, 6.45) is 9.83. The number of carbonyl (C=O) groups excluding carboxylic acids is 2. The molecule has 1 spiro atoms. The number of carbonyl (C=O) groups is 2. The number of rotatable bonds is 2. The summed E-state index contributed by atoms with van der Waals surface area (Å²) in [6, 6.07) is 1.98. The third kappa shape index (κ3) is 1.65. The van der Waals surface area contributed by atoms with Gasteiger partial charge in [0.15, 0.2) is 5.41 Å². The summed E-state index contributed by atoms with van der Waals surface area (Å²) in [5, 5.41) is 0. The first-order valence-corrected chi connectivity index (χ1v) is 9.45. The van der Waals surface area contributed by atoms with E-state index in [4.69, 9.17) is 9.47 Å². The molecule has 1 aromatic rings. The second kappa shape index (κ2) is 5.18. The highest BCUT2D eigenvalue weighted by atomic mass is 16.6. The Bertz CT molecular complexity index is 820. The fourth-order valence-corrected chi connectivity index (χ4v) is 6.67. The van der Waals surface area contributed by atoms with E-state index in [1.807, 2.05) is 18.3 Å². The van der Waals surface area contributed by atoms with Gasteiger partial charge in [-0.25, -0.2) is 0 Å². The van der Waals surface area contributed by atoms with E-state index in [1.165, 1.54) is 7.11 Å². The number of pyridine rings is 1. The lowest BCUT2D eigenvalue weighted by Gasteiger charge is -2.50. The molecule has 2 heterocycles. The van der Waals surface area contributed by atoms with E-state index in [0.29, 0.717) is 6.42 Å². The molecule has 1 aromatic heterocycles. The monoisotopic (exact) mass is 353 g/mol. The average Bonchev–Trinajstić information content (AvgIpc) is 3.16. The van der Waals surface area contributed by atoms with Crippen LogP contribution in [-0.2, 0) is 25.5 Å². The zero-order chi connectivity index (χ0) is 18.1. The van der Waals surface area contributed by atoms with E-state index in [0.717, 1.165) is 36.8 Å². The maximum Gasteiger partial charge on any atom is 0.324 e. The largest absolute Gasteiger partial charge is 0.468 e. The van der Waals surface area contributed by atoms with Crippen molar-refractivity contribution in [2.45, 2.75) is 43.6 Å². The molecule has 0 amide bonds. The summed E-state index contributed by atoms with van der Waals surface area (Å²) in [7, 11) is 1.37. The fourth-order valence-electron chi connectivity index (χ4n) is 6.67. The number of hydrogen-bond donors (Lipinski definition) is 0. The van der Waals surface area contributed by atoms with Crippen molar-refractivity contribution in [1.29, 1.82) is 0 Å². The van der Waals surface area contributed by atoms with Crippen molar-refractivity contribution in [1.82, 2.24) is 4.98 Å². The predicted molar refractivity (Wildman–Crippen MR) is 93.1 cm³/mol. The predicted octanol–water partition coefficient (Wildman–Crippen LogP) is 2.80. The van der Waals surface area contributed by atoms with Crippen LogP contribution in [0.2, 0.25) is 0 Å². The van der Waals surface area contributed by atoms with Crippen LogP contribution < -0.4 is 0 Å². The summed E-state index contributed by atoms with van der Waals surface area (Å²) < 4.78 is 11.3. The van der Waals surface area contributed by atoms with Crippen LogP contribution in [0.15, 0.2) is 31.1 Å². The Morgan fingerprint density at radius 2 is 2.27 bits per heavy atom. The van der Waals surface area contributed by atoms with Crippen LogP contribution in [0.4, 0.5) is 0 Å². The lowest BCUT2D eigenvalue weighted by molar-refractivity contribution is -0.165. The van der Waals surface area contributed by atoms with Gasteiger partial charge >= 0.3 is 11.9 Å². The molecule has 26 heavy (non-hydrogen) atoms. The van der Waals surface area contributed by atoms with E-state index in [1.54, 1.807) is 6.20 Å². The van der Waals surface area contributed by atoms with Crippen LogP contribution in [0.5, 0.6) is 0 Å². The van der Waals surface area contributed by atoms with Gasteiger partial charge in [0, 0.05) is 36.6 Å². The van der Waals surface area contributed by atoms with Crippen molar-refractivity contribution in [2.75, 3.05) is 7.11 Å². The van der Waals surface area contributed by atoms with Gasteiger partial charge in [0.25, 0.3) is 0 Å². The van der Waals surface area contributed by atoms with Crippen LogP contribution in [0.25, 0.3) is 0 Å². The molecule has 5 nitrogen and oxygen atoms in total. The molecule has 6 atom stereocenters. The van der Waals surface area contributed by atoms with Crippen molar-refractivity contribution in [2.24, 2.45) is 23.2 Å². The Kier molecular flexibility index (Phi) is 3.19. The van der Waals surface area contributed by atoms with Gasteiger partial charge in [-0.15, -0.1) is 6.58 Å². The molecular weight excluding hydrogens is 330 g/mol. The van der Waals surface area contributed by atoms with Gasteiger partial charge in [0.05, 0.1) is 7.11 Å². The van der Waals surface area contributed by atoms with Crippen LogP contribution in [0.1, 0.15) is 42.7 Å². The third-order valence-electron chi connectivity index (χ3n) is 7.58. The van der Waals surface area contributed by atoms with Crippen LogP contribution >= 0.6 is 0 Å². The molecule has 136 valence electrons. The fraction of sp³-hybridized carbons (Fsp3) is 0.571. The number of fused-ring (bicyclic) bond motifs is 6. The summed E-state index contributed by atoms with van der Waals surface area (Å²) in [6.45, 7) is 3.98. The highest BCUT2D eigenvalue weighted by Crippen LogP contribution is 2.70. The maximum absolute atomic E-state index is 13.3. The molecule has 2 saturated carbocycles. The molecule has 4 aliphatic rings. The third-order valence-corrected chi connectivity index (χ3v) is 7.58. The number of hydrogen-bond acceptors (Lipinski definition) is 5. The van der Waals surface area contributed by atoms with Gasteiger partial charge < -0.3 is 9.47 Å². The van der Waals surface area contributed by atoms with Crippen LogP contribution in [-0.4, -0.2) is 29.6 Å². The van der Waals surface area contributed by atoms with Crippen molar-refractivity contribution in [3.63, 3.8) is 0 Å². The highest BCUT2D eigenvalue weighted by molar-refractivity contribution is 6.03. The molecule has 3 aliphatic carbocycles. The zero-order valence-corrected chi connectivity index (χ0v) is 14.9. The second-order valence-electron chi connectivity index (χ2n) is 8.26. The SMILES string of the molecule is C=C[C@@H]1CCC2C3CCc4cnccc4C3[C@@]3(C(=O)OC)C[C@]21OC3=O. The van der Waals surface area contributed by atoms with Crippen molar-refractivity contribution < 1.29 is 19.1 Å². The van der Waals surface area contributed by atoms with Crippen LogP contribution in [0.3, 0.4) is 0 Å². The molecular formula is C21H23NO4. The van der Waals surface area contributed by atoms with Gasteiger partial charge in [-0.05, 0) is 48.8 Å². The summed E-state index contributed by atoms with van der Waals surface area (Å²) in [5.41, 5.74) is 0.398. The highest BCUT2D eigenvalue weighted by Gasteiger charge is 2.76. The summed E-state index contributed by atoms with van der Waals surface area (Å²) >= 11 is 0. The second-order valence-corrected chi connectivity index (χ2v) is 8.26. The molecule has 5 rings (SSSR count). The molecule has 0 N–H and O–H groups in total. The van der Waals surface area contributed by atoms with E-state index >= 15 is 0 Å². The first-order valence-electron chi connectivity index (χ1n) is 9.45. The minimum atomic E-state index is -1.24. The van der Waals surface area contributed by atoms with Gasteiger partial charge in [-0.3, -0.25) is 14.6 Å². The Balaban J connectivity index is 1.76. The number of aromatic nitrogens is 1. The topological polar surface area (TPSA) is 65.5 Å². The maximum atomic E-state index is 13.3. The van der Waals surface area contributed by atoms with Gasteiger partial charge in [-0.1, -0.05) is 6.08 Å². The van der Waals surface area contributed by atoms with Crippen LogP contribution in [0, 0.1) is 23.2 Å². The van der Waals surface area contributed by atoms with Crippen molar-refractivity contribution in [3.05, 3.63) is 42.2 Å². The molecule has 3 fully saturated rings. The summed E-state index contributed by atoms with van der Waals surface area (Å²) in [4.78, 5) is 30.6. The van der Waals surface area contributed by atoms with Gasteiger partial charge in [0.1, 0.15) is 5.60 Å². The number of nitrogens with zero attached hydrogens (tertiary/aromatic N) is 1. The number of esters is 2. The molecule has 0 radical (unpaired) electrons. The quantitative estimate of drug-likeness (QED) is 0.465. The standard InChI is InChI=1S/C21H23NO4/c1-3-13-5-7-16-15-6-4-12-10-22-9-8-14(12)17(15)20(18(23)25-2)11-21(13,16)26-19(20)24/h3,8-10,13,15-17H,1,4-7,11H2,2H3/t13-,15?,16?,17?,20-,21-/m1/s1. The normalized spacial score (nSPS) is 42.3. The Morgan fingerprint density at radius 3 is 3.04 bits per heavy atom. The number of ether oxygens (including phenoxy) is 2. The van der Waals surface area contributed by atoms with Crippen molar-refractivity contribution in [3.8, 4) is 0 Å². The molecule has 0 aromatic carbocycles. The van der Waals surface area contributed by atoms with E-state index in [-0.39, 0.29) is 23.7 Å². The van der Waals surface area contributed by atoms with Gasteiger partial charge in [-0.2, -0.15) is 0 Å². The minimum absolute atomic E-state index is 0.114. The average molecular weight is 353 g/mol. The van der Waals surface area contributed by atoms with Crippen molar-refractivity contribution >= 4 is 11.9 Å². The number of methoxy groups -OCH3 is 1. The molecule has 3 unspecified atom stereocenters. The van der Waals surface area contributed by atoms with E-state index in [9.17, 15) is 9.59 Å². The Morgan fingerprint density at radius 1 is 1.42 bits per heavy atom. The molecule has 5 heteroatoms. The Labute approximate surface area is 152 Å². The lowest BCUT2D eigenvalue weighted by atomic mass is 9.50. The molecule has 2 bridgehead atoms. The first kappa shape index (κ1) is 16.0. The minimum Gasteiger partial charge on any atom is -0.468 e. The smallest absolute Gasteiger partial charge is 0.324 e. The first-order chi connectivity index (χ1) is 12.6. The molecule has 1 aliphatic heterocycles. The molecule has 1 saturated heterocycles.